The van der Waals surface area contributed by atoms with Gasteiger partial charge in [0.05, 0.1) is 30.9 Å². The highest BCUT2D eigenvalue weighted by Gasteiger charge is 2.16. The van der Waals surface area contributed by atoms with Crippen LogP contribution < -0.4 is 21.9 Å². The SMILES string of the molecule is COC(=O)c1cc(Nc2ncnc(NNC(=O)c3ccccc3F)c2N)cc(C(=O)OC)c1. The Bertz CT molecular complexity index is 1190. The first-order valence-corrected chi connectivity index (χ1v) is 9.34. The second-order valence-electron chi connectivity index (χ2n) is 6.45. The van der Waals surface area contributed by atoms with Gasteiger partial charge >= 0.3 is 11.9 Å². The number of hydrazine groups is 1. The Balaban J connectivity index is 1.83. The minimum absolute atomic E-state index is 0.00516. The van der Waals surface area contributed by atoms with E-state index in [0.29, 0.717) is 0 Å². The molecule has 0 fully saturated rings. The second kappa shape index (κ2) is 10.0. The molecule has 33 heavy (non-hydrogen) atoms. The van der Waals surface area contributed by atoms with Crippen molar-refractivity contribution in [1.82, 2.24) is 15.4 Å². The Morgan fingerprint density at radius 2 is 1.55 bits per heavy atom. The molecular weight excluding hydrogens is 435 g/mol. The number of benzene rings is 2. The molecule has 11 nitrogen and oxygen atoms in total. The van der Waals surface area contributed by atoms with Crippen LogP contribution in [0.3, 0.4) is 0 Å². The average molecular weight is 454 g/mol. The Hall–Kier alpha value is -4.74. The van der Waals surface area contributed by atoms with Crippen LogP contribution in [0.4, 0.5) is 27.4 Å². The van der Waals surface area contributed by atoms with Gasteiger partial charge in [-0.3, -0.25) is 15.6 Å². The monoisotopic (exact) mass is 454 g/mol. The van der Waals surface area contributed by atoms with Gasteiger partial charge in [0, 0.05) is 5.69 Å². The molecule has 0 radical (unpaired) electrons. The molecule has 0 bridgehead atoms. The summed E-state index contributed by atoms with van der Waals surface area (Å²) in [7, 11) is 2.41. The summed E-state index contributed by atoms with van der Waals surface area (Å²) in [6.07, 6.45) is 1.15. The highest BCUT2D eigenvalue weighted by atomic mass is 19.1. The third-order valence-corrected chi connectivity index (χ3v) is 4.33. The van der Waals surface area contributed by atoms with Crippen LogP contribution in [0.25, 0.3) is 0 Å². The Labute approximate surface area is 187 Å². The van der Waals surface area contributed by atoms with Crippen LogP contribution in [-0.2, 0) is 9.47 Å². The zero-order valence-electron chi connectivity index (χ0n) is 17.5. The predicted octanol–water partition coefficient (Wildman–Crippen LogP) is 2.27. The van der Waals surface area contributed by atoms with E-state index in [-0.39, 0.29) is 39.7 Å². The molecule has 0 aliphatic heterocycles. The number of nitrogen functional groups attached to an aromatic ring is 1. The number of hydrogen-bond acceptors (Lipinski definition) is 10. The summed E-state index contributed by atoms with van der Waals surface area (Å²) in [6, 6.07) is 9.61. The molecule has 1 amide bonds. The molecule has 0 saturated heterocycles. The summed E-state index contributed by atoms with van der Waals surface area (Å²) < 4.78 is 23.2. The first-order chi connectivity index (χ1) is 15.8. The number of nitrogens with zero attached hydrogens (tertiary/aromatic N) is 2. The van der Waals surface area contributed by atoms with Crippen LogP contribution in [0.2, 0.25) is 0 Å². The lowest BCUT2D eigenvalue weighted by Crippen LogP contribution is -2.31. The molecular formula is C21H19FN6O5. The topological polar surface area (TPSA) is 158 Å². The van der Waals surface area contributed by atoms with E-state index in [1.54, 1.807) is 0 Å². The van der Waals surface area contributed by atoms with Crippen molar-refractivity contribution in [3.8, 4) is 0 Å². The quantitative estimate of drug-likeness (QED) is 0.308. The molecule has 0 unspecified atom stereocenters. The molecule has 0 saturated carbocycles. The highest BCUT2D eigenvalue weighted by Crippen LogP contribution is 2.27. The normalized spacial score (nSPS) is 10.2. The van der Waals surface area contributed by atoms with Gasteiger partial charge in [0.1, 0.15) is 17.8 Å². The predicted molar refractivity (Wildman–Crippen MR) is 116 cm³/mol. The molecule has 0 spiro atoms. The lowest BCUT2D eigenvalue weighted by Gasteiger charge is -2.14. The van der Waals surface area contributed by atoms with Gasteiger partial charge in [-0.05, 0) is 30.3 Å². The fourth-order valence-electron chi connectivity index (χ4n) is 2.73. The van der Waals surface area contributed by atoms with Crippen LogP contribution in [0.1, 0.15) is 31.1 Å². The summed E-state index contributed by atoms with van der Waals surface area (Å²) in [5.41, 5.74) is 11.2. The third kappa shape index (κ3) is 5.31. The van der Waals surface area contributed by atoms with Gasteiger partial charge in [-0.15, -0.1) is 0 Å². The number of esters is 2. The van der Waals surface area contributed by atoms with E-state index in [2.05, 4.69) is 26.1 Å². The summed E-state index contributed by atoms with van der Waals surface area (Å²) in [4.78, 5) is 44.1. The van der Waals surface area contributed by atoms with Crippen LogP contribution in [-0.4, -0.2) is 42.0 Å². The number of hydrogen-bond donors (Lipinski definition) is 4. The number of rotatable bonds is 7. The number of carbonyl (C=O) groups excluding carboxylic acids is 3. The Morgan fingerprint density at radius 1 is 0.939 bits per heavy atom. The summed E-state index contributed by atoms with van der Waals surface area (Å²) in [5, 5.41) is 2.88. The van der Waals surface area contributed by atoms with Crippen molar-refractivity contribution in [2.45, 2.75) is 0 Å². The third-order valence-electron chi connectivity index (χ3n) is 4.33. The number of nitrogens with one attached hydrogen (secondary N) is 3. The van der Waals surface area contributed by atoms with Crippen LogP contribution in [0.5, 0.6) is 0 Å². The molecule has 3 aromatic rings. The van der Waals surface area contributed by atoms with Crippen LogP contribution >= 0.6 is 0 Å². The van der Waals surface area contributed by atoms with Gasteiger partial charge < -0.3 is 20.5 Å². The molecule has 3 rings (SSSR count). The van der Waals surface area contributed by atoms with Gasteiger partial charge in [0.2, 0.25) is 0 Å². The van der Waals surface area contributed by atoms with E-state index in [4.69, 9.17) is 15.2 Å². The highest BCUT2D eigenvalue weighted by molar-refractivity contribution is 5.98. The maximum Gasteiger partial charge on any atom is 0.337 e. The number of nitrogens with two attached hydrogens (primary N) is 1. The van der Waals surface area contributed by atoms with E-state index < -0.39 is 23.7 Å². The van der Waals surface area contributed by atoms with Crippen molar-refractivity contribution in [2.75, 3.05) is 30.7 Å². The molecule has 5 N–H and O–H groups in total. The number of methoxy groups -OCH3 is 2. The van der Waals surface area contributed by atoms with Crippen LogP contribution in [0.15, 0.2) is 48.8 Å². The zero-order chi connectivity index (χ0) is 24.0. The van der Waals surface area contributed by atoms with Crippen LogP contribution in [0, 0.1) is 5.82 Å². The van der Waals surface area contributed by atoms with Gasteiger partial charge in [0.15, 0.2) is 11.6 Å². The first-order valence-electron chi connectivity index (χ1n) is 9.34. The van der Waals surface area contributed by atoms with Gasteiger partial charge in [-0.2, -0.15) is 0 Å². The molecule has 2 aromatic carbocycles. The van der Waals surface area contributed by atoms with Gasteiger partial charge in [0.25, 0.3) is 5.91 Å². The fraction of sp³-hybridized carbons (Fsp3) is 0.0952. The fourth-order valence-corrected chi connectivity index (χ4v) is 2.73. The Morgan fingerprint density at radius 3 is 2.15 bits per heavy atom. The molecule has 170 valence electrons. The summed E-state index contributed by atoms with van der Waals surface area (Å²) >= 11 is 0. The van der Waals surface area contributed by atoms with Crippen molar-refractivity contribution in [1.29, 1.82) is 0 Å². The number of carbonyl (C=O) groups is 3. The number of halogens is 1. The minimum Gasteiger partial charge on any atom is -0.465 e. The average Bonchev–Trinajstić information content (AvgIpc) is 2.83. The molecule has 0 aliphatic carbocycles. The number of anilines is 4. The minimum atomic E-state index is -0.742. The molecule has 0 atom stereocenters. The first kappa shape index (κ1) is 22.9. The zero-order valence-corrected chi connectivity index (χ0v) is 17.5. The van der Waals surface area contributed by atoms with E-state index >= 15 is 0 Å². The smallest absolute Gasteiger partial charge is 0.337 e. The maximum atomic E-state index is 13.8. The van der Waals surface area contributed by atoms with E-state index in [1.807, 2.05) is 0 Å². The van der Waals surface area contributed by atoms with E-state index in [1.165, 1.54) is 50.6 Å². The summed E-state index contributed by atoms with van der Waals surface area (Å²) in [6.45, 7) is 0. The Kier molecular flexibility index (Phi) is 6.98. The summed E-state index contributed by atoms with van der Waals surface area (Å²) in [5.74, 6) is -2.65. The van der Waals surface area contributed by atoms with Gasteiger partial charge in [-0.25, -0.2) is 23.9 Å². The molecule has 0 aliphatic rings. The molecule has 12 heteroatoms. The lowest BCUT2D eigenvalue weighted by atomic mass is 10.1. The standard InChI is InChI=1S/C21H19FN6O5/c1-32-20(30)11-7-12(21(31)33-2)9-13(8-11)26-17-16(23)18(25-10-24-17)27-28-19(29)14-5-3-4-6-15(14)22/h3-10H,23H2,1-2H3,(H,28,29)(H2,24,25,26,27). The molecule has 1 heterocycles. The van der Waals surface area contributed by atoms with E-state index in [9.17, 15) is 18.8 Å². The van der Waals surface area contributed by atoms with Crippen molar-refractivity contribution < 1.29 is 28.2 Å². The lowest BCUT2D eigenvalue weighted by molar-refractivity contribution is 0.0599. The number of amides is 1. The molecule has 1 aromatic heterocycles. The van der Waals surface area contributed by atoms with E-state index in [0.717, 1.165) is 12.4 Å². The van der Waals surface area contributed by atoms with Crippen molar-refractivity contribution >= 4 is 40.9 Å². The number of ether oxygens (including phenoxy) is 2. The van der Waals surface area contributed by atoms with Crippen molar-refractivity contribution in [3.63, 3.8) is 0 Å². The van der Waals surface area contributed by atoms with Crippen molar-refractivity contribution in [2.24, 2.45) is 0 Å². The largest absolute Gasteiger partial charge is 0.465 e. The van der Waals surface area contributed by atoms with Gasteiger partial charge in [-0.1, -0.05) is 12.1 Å². The maximum absolute atomic E-state index is 13.8. The van der Waals surface area contributed by atoms with Crippen molar-refractivity contribution in [3.05, 3.63) is 71.3 Å². The second-order valence-corrected chi connectivity index (χ2v) is 6.45. The number of aromatic nitrogens is 2.